The molecule has 0 aromatic rings. The van der Waals surface area contributed by atoms with Crippen LogP contribution in [0.1, 0.15) is 48.0 Å². The topological polar surface area (TPSA) is 0 Å². The van der Waals surface area contributed by atoms with Crippen LogP contribution in [0.3, 0.4) is 0 Å². The lowest BCUT2D eigenvalue weighted by Crippen LogP contribution is -2.58. The van der Waals surface area contributed by atoms with Gasteiger partial charge in [-0.05, 0) is 34.5 Å². The van der Waals surface area contributed by atoms with Crippen molar-refractivity contribution >= 4 is 0 Å². The zero-order valence-electron chi connectivity index (χ0n) is 10.5. The predicted octanol–water partition coefficient (Wildman–Crippen LogP) is 4.27. The summed E-state index contributed by atoms with van der Waals surface area (Å²) in [5, 5.41) is 0. The summed E-state index contributed by atoms with van der Waals surface area (Å²) in [7, 11) is 0. The summed E-state index contributed by atoms with van der Waals surface area (Å²) in [5.41, 5.74) is 1.32. The third-order valence-electron chi connectivity index (χ3n) is 5.36. The van der Waals surface area contributed by atoms with Gasteiger partial charge in [0.25, 0.3) is 0 Å². The highest BCUT2D eigenvalue weighted by Gasteiger charge is 2.59. The number of fused-ring (bicyclic) bond motifs is 1. The van der Waals surface area contributed by atoms with E-state index in [4.69, 9.17) is 0 Å². The van der Waals surface area contributed by atoms with Crippen LogP contribution in [-0.2, 0) is 0 Å². The lowest BCUT2D eigenvalue weighted by Gasteiger charge is -2.65. The van der Waals surface area contributed by atoms with Crippen LogP contribution in [0.4, 0.5) is 0 Å². The lowest BCUT2D eigenvalue weighted by atomic mass is 9.40. The fourth-order valence-corrected chi connectivity index (χ4v) is 3.51. The molecule has 2 bridgehead atoms. The van der Waals surface area contributed by atoms with E-state index in [1.807, 2.05) is 0 Å². The van der Waals surface area contributed by atoms with Crippen LogP contribution in [-0.4, -0.2) is 0 Å². The minimum absolute atomic E-state index is 0.386. The first kappa shape index (κ1) is 10.3. The molecular formula is C14H24. The van der Waals surface area contributed by atoms with E-state index in [1.165, 1.54) is 6.42 Å². The quantitative estimate of drug-likeness (QED) is 0.503. The van der Waals surface area contributed by atoms with Gasteiger partial charge in [0.2, 0.25) is 0 Å². The zero-order chi connectivity index (χ0) is 10.8. The molecule has 0 aromatic heterocycles. The van der Waals surface area contributed by atoms with Crippen LogP contribution < -0.4 is 0 Å². The van der Waals surface area contributed by atoms with Gasteiger partial charge >= 0.3 is 0 Å². The average molecular weight is 192 g/mol. The first-order chi connectivity index (χ1) is 6.19. The fraction of sp³-hybridized carbons (Fsp3) is 0.857. The Labute approximate surface area is 88.8 Å². The molecule has 14 heavy (non-hydrogen) atoms. The molecule has 3 aliphatic carbocycles. The number of hydrogen-bond acceptors (Lipinski definition) is 0. The molecule has 80 valence electrons. The molecule has 0 heteroatoms. The Kier molecular flexibility index (Phi) is 1.80. The minimum Gasteiger partial charge on any atom is -0.0843 e. The van der Waals surface area contributed by atoms with Crippen molar-refractivity contribution in [3.63, 3.8) is 0 Å². The van der Waals surface area contributed by atoms with E-state index in [0.29, 0.717) is 16.2 Å². The predicted molar refractivity (Wildman–Crippen MR) is 62.1 cm³/mol. The molecule has 0 saturated heterocycles. The molecule has 1 saturated carbocycles. The van der Waals surface area contributed by atoms with Crippen LogP contribution in [0.5, 0.6) is 0 Å². The van der Waals surface area contributed by atoms with Gasteiger partial charge in [-0.3, -0.25) is 0 Å². The lowest BCUT2D eigenvalue weighted by molar-refractivity contribution is -0.113. The Bertz CT molecular complexity index is 277. The Balaban J connectivity index is 2.41. The van der Waals surface area contributed by atoms with Crippen molar-refractivity contribution in [3.8, 4) is 0 Å². The first-order valence-electron chi connectivity index (χ1n) is 5.89. The van der Waals surface area contributed by atoms with Gasteiger partial charge in [0.05, 0.1) is 0 Å². The highest BCUT2D eigenvalue weighted by atomic mass is 14.6. The molecule has 3 atom stereocenters. The number of rotatable bonds is 0. The normalized spacial score (nSPS) is 44.7. The molecule has 0 radical (unpaired) electrons. The van der Waals surface area contributed by atoms with Crippen LogP contribution >= 0.6 is 0 Å². The van der Waals surface area contributed by atoms with Crippen molar-refractivity contribution < 1.29 is 0 Å². The molecular weight excluding hydrogens is 168 g/mol. The van der Waals surface area contributed by atoms with Gasteiger partial charge in [-0.1, -0.05) is 53.7 Å². The van der Waals surface area contributed by atoms with Gasteiger partial charge < -0.3 is 0 Å². The van der Waals surface area contributed by atoms with Gasteiger partial charge in [-0.2, -0.15) is 0 Å². The maximum Gasteiger partial charge on any atom is -0.00642 e. The van der Waals surface area contributed by atoms with Gasteiger partial charge in [0, 0.05) is 0 Å². The Hall–Kier alpha value is -0.260. The molecule has 3 unspecified atom stereocenters. The van der Waals surface area contributed by atoms with Crippen molar-refractivity contribution in [2.75, 3.05) is 0 Å². The van der Waals surface area contributed by atoms with Gasteiger partial charge in [-0.15, -0.1) is 0 Å². The summed E-state index contributed by atoms with van der Waals surface area (Å²) < 4.78 is 0. The molecule has 0 N–H and O–H groups in total. The van der Waals surface area contributed by atoms with E-state index in [9.17, 15) is 0 Å². The largest absolute Gasteiger partial charge is 0.0843 e. The molecule has 0 amide bonds. The van der Waals surface area contributed by atoms with Crippen molar-refractivity contribution in [2.45, 2.75) is 48.0 Å². The van der Waals surface area contributed by atoms with E-state index < -0.39 is 0 Å². The Morgan fingerprint density at radius 3 is 2.00 bits per heavy atom. The number of allylic oxidation sites excluding steroid dienone is 2. The summed E-state index contributed by atoms with van der Waals surface area (Å²) in [6.07, 6.45) is 6.39. The van der Waals surface area contributed by atoms with Crippen molar-refractivity contribution in [1.29, 1.82) is 0 Å². The number of hydrogen-bond donors (Lipinski definition) is 0. The molecule has 0 aromatic carbocycles. The summed E-state index contributed by atoms with van der Waals surface area (Å²) in [4.78, 5) is 0. The van der Waals surface area contributed by atoms with E-state index in [-0.39, 0.29) is 0 Å². The van der Waals surface area contributed by atoms with Gasteiger partial charge in [-0.25, -0.2) is 0 Å². The maximum absolute atomic E-state index is 2.50. The van der Waals surface area contributed by atoms with E-state index in [0.717, 1.165) is 11.8 Å². The maximum atomic E-state index is 2.50. The van der Waals surface area contributed by atoms with Crippen LogP contribution in [0.2, 0.25) is 0 Å². The summed E-state index contributed by atoms with van der Waals surface area (Å²) in [6.45, 7) is 14.5. The van der Waals surface area contributed by atoms with Crippen molar-refractivity contribution in [3.05, 3.63) is 12.2 Å². The van der Waals surface area contributed by atoms with E-state index in [2.05, 4.69) is 53.7 Å². The third kappa shape index (κ3) is 1.00. The average Bonchev–Trinajstić information content (AvgIpc) is 2.01. The van der Waals surface area contributed by atoms with Crippen LogP contribution in [0.25, 0.3) is 0 Å². The Morgan fingerprint density at radius 2 is 1.71 bits per heavy atom. The highest BCUT2D eigenvalue weighted by molar-refractivity contribution is 5.23. The summed E-state index contributed by atoms with van der Waals surface area (Å²) in [5.74, 6) is 1.73. The third-order valence-corrected chi connectivity index (χ3v) is 5.36. The second-order valence-electron chi connectivity index (χ2n) is 7.11. The standard InChI is InChI=1S/C14H24/c1-12(2,3)14(6)8-7-10-9-11(14)13(10,4)5/h7-8,10-11H,9H2,1-6H3. The first-order valence-corrected chi connectivity index (χ1v) is 5.89. The monoisotopic (exact) mass is 192 g/mol. The van der Waals surface area contributed by atoms with Crippen LogP contribution in [0, 0.1) is 28.1 Å². The minimum atomic E-state index is 0.386. The second kappa shape index (κ2) is 2.46. The highest BCUT2D eigenvalue weighted by Crippen LogP contribution is 2.67. The zero-order valence-corrected chi connectivity index (χ0v) is 10.5. The van der Waals surface area contributed by atoms with Gasteiger partial charge in [0.15, 0.2) is 0 Å². The molecule has 0 spiro atoms. The van der Waals surface area contributed by atoms with E-state index >= 15 is 0 Å². The molecule has 0 nitrogen and oxygen atoms in total. The fourth-order valence-electron chi connectivity index (χ4n) is 3.51. The molecule has 3 aliphatic rings. The van der Waals surface area contributed by atoms with Crippen molar-refractivity contribution in [2.24, 2.45) is 28.1 Å². The Morgan fingerprint density at radius 1 is 1.14 bits per heavy atom. The van der Waals surface area contributed by atoms with Crippen molar-refractivity contribution in [1.82, 2.24) is 0 Å². The molecule has 0 heterocycles. The smallest absolute Gasteiger partial charge is 0.00642 e. The second-order valence-corrected chi connectivity index (χ2v) is 7.11. The SMILES string of the molecule is CC1(C)C2C=CC(C)(C(C)(C)C)C1C2. The van der Waals surface area contributed by atoms with E-state index in [1.54, 1.807) is 0 Å². The summed E-state index contributed by atoms with van der Waals surface area (Å²) >= 11 is 0. The summed E-state index contributed by atoms with van der Waals surface area (Å²) in [6, 6.07) is 0. The van der Waals surface area contributed by atoms with Gasteiger partial charge in [0.1, 0.15) is 0 Å². The molecule has 3 rings (SSSR count). The molecule has 0 aliphatic heterocycles. The molecule has 1 fully saturated rings. The van der Waals surface area contributed by atoms with Crippen LogP contribution in [0.15, 0.2) is 12.2 Å².